The molecule has 4 atom stereocenters. The van der Waals surface area contributed by atoms with Gasteiger partial charge >= 0.3 is 11.9 Å². The van der Waals surface area contributed by atoms with Gasteiger partial charge in [-0.3, -0.25) is 14.4 Å². The number of nitrogens with two attached hydrogens (primary N) is 1. The molecule has 2 fully saturated rings. The molecule has 2 amide bonds. The number of fused-ring (bicyclic) bond motifs is 1. The average molecular weight is 457 g/mol. The predicted molar refractivity (Wildman–Crippen MR) is 107 cm³/mol. The first-order chi connectivity index (χ1) is 14.2. The summed E-state index contributed by atoms with van der Waals surface area (Å²) in [4.78, 5) is 57.9. The molecule has 0 aliphatic carbocycles. The lowest BCUT2D eigenvalue weighted by molar-refractivity contribution is -0.151. The first kappa shape index (κ1) is 21.8. The summed E-state index contributed by atoms with van der Waals surface area (Å²) in [6.07, 6.45) is -0.553. The minimum atomic E-state index is -1.25. The number of oxime groups is 1. The van der Waals surface area contributed by atoms with E-state index in [2.05, 4.69) is 15.5 Å². The quantitative estimate of drug-likeness (QED) is 0.215. The highest BCUT2D eigenvalue weighted by Gasteiger charge is 2.55. The molecular formula is C16H19N5O7S2. The summed E-state index contributed by atoms with van der Waals surface area (Å²) in [6.45, 7) is 1.84. The Morgan fingerprint density at radius 2 is 2.20 bits per heavy atom. The summed E-state index contributed by atoms with van der Waals surface area (Å²) < 4.78 is 0. The number of nitrogen functional groups attached to an aromatic ring is 1. The second-order valence-corrected chi connectivity index (χ2v) is 8.74. The monoisotopic (exact) mass is 457 g/mol. The van der Waals surface area contributed by atoms with Crippen molar-refractivity contribution in [2.45, 2.75) is 42.5 Å². The Morgan fingerprint density at radius 1 is 1.47 bits per heavy atom. The summed E-state index contributed by atoms with van der Waals surface area (Å²) in [5, 5.41) is 24.9. The van der Waals surface area contributed by atoms with Crippen molar-refractivity contribution in [3.63, 3.8) is 0 Å². The van der Waals surface area contributed by atoms with E-state index in [9.17, 15) is 24.3 Å². The first-order valence-corrected chi connectivity index (χ1v) is 10.7. The van der Waals surface area contributed by atoms with Crippen molar-refractivity contribution in [1.29, 1.82) is 0 Å². The van der Waals surface area contributed by atoms with Crippen molar-refractivity contribution < 1.29 is 34.2 Å². The van der Waals surface area contributed by atoms with E-state index in [1.54, 1.807) is 6.92 Å². The maximum absolute atomic E-state index is 12.8. The van der Waals surface area contributed by atoms with Gasteiger partial charge in [0.05, 0.1) is 0 Å². The normalized spacial score (nSPS) is 24.0. The van der Waals surface area contributed by atoms with Gasteiger partial charge < -0.3 is 31.0 Å². The van der Waals surface area contributed by atoms with E-state index in [-0.39, 0.29) is 29.5 Å². The van der Waals surface area contributed by atoms with Gasteiger partial charge in [0, 0.05) is 11.9 Å². The summed E-state index contributed by atoms with van der Waals surface area (Å²) >= 11 is 2.12. The number of hydrogen-bond acceptors (Lipinski definition) is 10. The molecule has 3 rings (SSSR count). The number of anilines is 1. The van der Waals surface area contributed by atoms with Crippen molar-refractivity contribution in [1.82, 2.24) is 15.2 Å². The van der Waals surface area contributed by atoms with Gasteiger partial charge in [-0.1, -0.05) is 18.5 Å². The number of amides is 2. The maximum atomic E-state index is 12.8. The van der Waals surface area contributed by atoms with E-state index in [1.807, 2.05) is 0 Å². The van der Waals surface area contributed by atoms with Crippen LogP contribution in [0, 0.1) is 0 Å². The van der Waals surface area contributed by atoms with Gasteiger partial charge in [-0.25, -0.2) is 9.78 Å². The fraction of sp³-hybridized carbons (Fsp3) is 0.500. The van der Waals surface area contributed by atoms with Gasteiger partial charge in [0.2, 0.25) is 12.0 Å². The van der Waals surface area contributed by atoms with E-state index in [0.29, 0.717) is 6.42 Å². The molecule has 5 N–H and O–H groups in total. The molecule has 1 aromatic heterocycles. The number of carboxylic acids is 2. The number of rotatable bonds is 9. The van der Waals surface area contributed by atoms with Gasteiger partial charge in [-0.05, 0) is 6.42 Å². The number of thiazole rings is 1. The molecule has 12 nitrogen and oxygen atoms in total. The second kappa shape index (κ2) is 8.87. The first-order valence-electron chi connectivity index (χ1n) is 8.90. The van der Waals surface area contributed by atoms with Crippen molar-refractivity contribution in [3.05, 3.63) is 11.1 Å². The Kier molecular flexibility index (Phi) is 6.45. The van der Waals surface area contributed by atoms with E-state index in [1.165, 1.54) is 10.3 Å². The number of carboxylic acid groups (broad SMARTS) is 2. The van der Waals surface area contributed by atoms with Crippen molar-refractivity contribution >= 4 is 57.7 Å². The second-order valence-electron chi connectivity index (χ2n) is 6.53. The topological polar surface area (TPSA) is 185 Å². The molecule has 2 aliphatic rings. The van der Waals surface area contributed by atoms with Crippen LogP contribution in [0.25, 0.3) is 0 Å². The number of nitrogens with one attached hydrogen (secondary N) is 1. The van der Waals surface area contributed by atoms with Crippen LogP contribution in [0.15, 0.2) is 10.5 Å². The molecule has 14 heteroatoms. The Hall–Kier alpha value is -2.87. The Bertz CT molecular complexity index is 904. The lowest BCUT2D eigenvalue weighted by Gasteiger charge is -2.41. The smallest absolute Gasteiger partial charge is 0.347 e. The third kappa shape index (κ3) is 4.33. The summed E-state index contributed by atoms with van der Waals surface area (Å²) in [5.74, 6) is -3.48. The van der Waals surface area contributed by atoms with Crippen LogP contribution in [-0.2, 0) is 24.0 Å². The third-order valence-electron chi connectivity index (χ3n) is 4.45. The molecule has 0 radical (unpaired) electrons. The van der Waals surface area contributed by atoms with Crippen LogP contribution in [0.4, 0.5) is 5.13 Å². The van der Waals surface area contributed by atoms with Crippen LogP contribution >= 0.6 is 23.1 Å². The number of hydrogen-bond donors (Lipinski definition) is 4. The van der Waals surface area contributed by atoms with Crippen LogP contribution < -0.4 is 11.1 Å². The molecule has 2 saturated heterocycles. The highest BCUT2D eigenvalue weighted by atomic mass is 32.2. The minimum absolute atomic E-state index is 0.0693. The average Bonchev–Trinajstić information content (AvgIpc) is 3.29. The fourth-order valence-electron chi connectivity index (χ4n) is 2.94. The molecule has 0 spiro atoms. The van der Waals surface area contributed by atoms with Crippen LogP contribution in [0.5, 0.6) is 0 Å². The molecule has 162 valence electrons. The maximum Gasteiger partial charge on any atom is 0.347 e. The third-order valence-corrected chi connectivity index (χ3v) is 6.61. The van der Waals surface area contributed by atoms with Crippen LogP contribution in [0.3, 0.4) is 0 Å². The fourth-order valence-corrected chi connectivity index (χ4v) is 4.87. The zero-order chi connectivity index (χ0) is 22.0. The molecule has 2 aliphatic heterocycles. The molecule has 3 heterocycles. The predicted octanol–water partition coefficient (Wildman–Crippen LogP) is -0.448. The van der Waals surface area contributed by atoms with Gasteiger partial charge in [-0.15, -0.1) is 23.1 Å². The van der Waals surface area contributed by atoms with Gasteiger partial charge in [0.1, 0.15) is 22.4 Å². The molecule has 0 aromatic carbocycles. The molecule has 1 aromatic rings. The molecule has 0 bridgehead atoms. The van der Waals surface area contributed by atoms with Gasteiger partial charge in [0.25, 0.3) is 5.91 Å². The molecule has 3 unspecified atom stereocenters. The summed E-state index contributed by atoms with van der Waals surface area (Å²) in [6, 6.07) is -0.932. The number of carbonyl (C=O) groups excluding carboxylic acids is 2. The van der Waals surface area contributed by atoms with E-state index in [4.69, 9.17) is 15.7 Å². The summed E-state index contributed by atoms with van der Waals surface area (Å²) in [7, 11) is 0. The molecular weight excluding hydrogens is 438 g/mol. The van der Waals surface area contributed by atoms with Crippen LogP contribution in [0.1, 0.15) is 25.5 Å². The summed E-state index contributed by atoms with van der Waals surface area (Å²) in [5.41, 5.74) is 5.36. The Labute approximate surface area is 178 Å². The Morgan fingerprint density at radius 3 is 2.77 bits per heavy atom. The van der Waals surface area contributed by atoms with Crippen molar-refractivity contribution in [2.24, 2.45) is 5.16 Å². The zero-order valence-corrected chi connectivity index (χ0v) is 17.3. The highest BCUT2D eigenvalue weighted by Crippen LogP contribution is 2.40. The number of aromatic nitrogens is 1. The molecule has 30 heavy (non-hydrogen) atoms. The largest absolute Gasteiger partial charge is 0.480 e. The van der Waals surface area contributed by atoms with Crippen molar-refractivity contribution in [3.8, 4) is 0 Å². The van der Waals surface area contributed by atoms with Crippen LogP contribution in [0.2, 0.25) is 0 Å². The van der Waals surface area contributed by atoms with Gasteiger partial charge in [-0.2, -0.15) is 0 Å². The number of β-lactam (4-membered cyclic amide) rings is 1. The number of aliphatic carboxylic acids is 2. The lowest BCUT2D eigenvalue weighted by Crippen LogP contribution is -2.67. The zero-order valence-electron chi connectivity index (χ0n) is 15.7. The standard InChI is InChI=1S/C16H19N5O7S2/c1-2-3-7(14(24)25)28-20-9(6-5-29-16(17)18-6)11(22)19-10-12(23)21-4-8(15(26)27)30-13(10)21/h5,7-8,10,13H,2-4H2,1H3,(H2,17,18)(H,19,22)(H,24,25)(H,26,27)/b20-9-/t7?,8?,10?,13-/m1/s1. The van der Waals surface area contributed by atoms with Crippen molar-refractivity contribution in [2.75, 3.05) is 12.3 Å². The van der Waals surface area contributed by atoms with E-state index >= 15 is 0 Å². The SMILES string of the molecule is CCCC(O/N=C(\C(=O)NC1C(=O)N2CC(C(=O)O)S[C@H]12)c1csc(N)n1)C(=O)O. The van der Waals surface area contributed by atoms with E-state index in [0.717, 1.165) is 23.1 Å². The molecule has 0 saturated carbocycles. The minimum Gasteiger partial charge on any atom is -0.480 e. The van der Waals surface area contributed by atoms with Crippen LogP contribution in [-0.4, -0.2) is 78.9 Å². The lowest BCUT2D eigenvalue weighted by atomic mass is 10.1. The number of thioether (sulfide) groups is 1. The Balaban J connectivity index is 1.76. The highest BCUT2D eigenvalue weighted by molar-refractivity contribution is 8.01. The van der Waals surface area contributed by atoms with E-state index < -0.39 is 46.5 Å². The number of nitrogens with zero attached hydrogens (tertiary/aromatic N) is 3. The number of carbonyl (C=O) groups is 4. The van der Waals surface area contributed by atoms with Gasteiger partial charge in [0.15, 0.2) is 10.8 Å².